The van der Waals surface area contributed by atoms with Gasteiger partial charge in [-0.1, -0.05) is 34.6 Å². The van der Waals surface area contributed by atoms with Gasteiger partial charge in [-0.25, -0.2) is 0 Å². The summed E-state index contributed by atoms with van der Waals surface area (Å²) < 4.78 is 5.44. The van der Waals surface area contributed by atoms with E-state index in [0.29, 0.717) is 17.5 Å². The van der Waals surface area contributed by atoms with Gasteiger partial charge in [0.25, 0.3) is 0 Å². The topological polar surface area (TPSA) is 24.5 Å². The highest BCUT2D eigenvalue weighted by molar-refractivity contribution is 4.82. The van der Waals surface area contributed by atoms with E-state index in [1.165, 1.54) is 32.4 Å². The lowest BCUT2D eigenvalue weighted by Crippen LogP contribution is -2.47. The van der Waals surface area contributed by atoms with Crippen LogP contribution in [0.15, 0.2) is 0 Å². The van der Waals surface area contributed by atoms with Crippen LogP contribution in [0, 0.1) is 11.3 Å². The molecule has 1 heterocycles. The van der Waals surface area contributed by atoms with Crippen molar-refractivity contribution < 1.29 is 4.74 Å². The maximum atomic E-state index is 5.44. The fraction of sp³-hybridized carbons (Fsp3) is 1.00. The first kappa shape index (κ1) is 17.9. The third-order valence-corrected chi connectivity index (χ3v) is 4.62. The molecule has 0 radical (unpaired) electrons. The molecule has 1 aliphatic rings. The third-order valence-electron chi connectivity index (χ3n) is 4.62. The third kappa shape index (κ3) is 6.11. The SMILES string of the molecule is COCC(CNC(C)C)N1CCCC(C(C)(C)C)CC1. The monoisotopic (exact) mass is 284 g/mol. The molecule has 3 heteroatoms. The van der Waals surface area contributed by atoms with Crippen molar-refractivity contribution in [2.45, 2.75) is 66.0 Å². The van der Waals surface area contributed by atoms with Crippen molar-refractivity contribution in [3.8, 4) is 0 Å². The maximum absolute atomic E-state index is 5.44. The molecule has 120 valence electrons. The van der Waals surface area contributed by atoms with Crippen molar-refractivity contribution in [3.05, 3.63) is 0 Å². The van der Waals surface area contributed by atoms with Crippen molar-refractivity contribution >= 4 is 0 Å². The summed E-state index contributed by atoms with van der Waals surface area (Å²) in [5.41, 5.74) is 0.447. The molecule has 0 aromatic rings. The maximum Gasteiger partial charge on any atom is 0.0630 e. The van der Waals surface area contributed by atoms with Gasteiger partial charge in [0, 0.05) is 25.7 Å². The summed E-state index contributed by atoms with van der Waals surface area (Å²) in [6, 6.07) is 1.06. The van der Waals surface area contributed by atoms with Crippen LogP contribution in [0.5, 0.6) is 0 Å². The molecule has 2 atom stereocenters. The molecule has 0 aromatic carbocycles. The molecule has 0 amide bonds. The van der Waals surface area contributed by atoms with Crippen molar-refractivity contribution in [1.82, 2.24) is 10.2 Å². The van der Waals surface area contributed by atoms with Gasteiger partial charge in [0.1, 0.15) is 0 Å². The van der Waals surface area contributed by atoms with E-state index in [4.69, 9.17) is 4.74 Å². The molecular weight excluding hydrogens is 248 g/mol. The fourth-order valence-electron chi connectivity index (χ4n) is 3.21. The molecule has 1 N–H and O–H groups in total. The molecule has 0 spiro atoms. The summed E-state index contributed by atoms with van der Waals surface area (Å²) in [5, 5.41) is 3.57. The fourth-order valence-corrected chi connectivity index (χ4v) is 3.21. The number of likely N-dealkylation sites (tertiary alicyclic amines) is 1. The number of methoxy groups -OCH3 is 1. The second kappa shape index (κ2) is 8.35. The van der Waals surface area contributed by atoms with Gasteiger partial charge in [0.05, 0.1) is 6.61 Å². The smallest absolute Gasteiger partial charge is 0.0630 e. The molecule has 0 bridgehead atoms. The van der Waals surface area contributed by atoms with Crippen molar-refractivity contribution in [3.63, 3.8) is 0 Å². The number of hydrogen-bond donors (Lipinski definition) is 1. The zero-order valence-electron chi connectivity index (χ0n) is 14.5. The van der Waals surface area contributed by atoms with E-state index in [1.54, 1.807) is 0 Å². The van der Waals surface area contributed by atoms with Gasteiger partial charge in [-0.2, -0.15) is 0 Å². The Morgan fingerprint density at radius 3 is 2.45 bits per heavy atom. The van der Waals surface area contributed by atoms with Crippen LogP contribution in [0.25, 0.3) is 0 Å². The van der Waals surface area contributed by atoms with Crippen molar-refractivity contribution in [2.75, 3.05) is 33.4 Å². The molecule has 1 rings (SSSR count). The lowest BCUT2D eigenvalue weighted by Gasteiger charge is -2.32. The average molecular weight is 284 g/mol. The van der Waals surface area contributed by atoms with Gasteiger partial charge in [-0.3, -0.25) is 4.90 Å². The standard InChI is InChI=1S/C17H36N2O/c1-14(2)18-12-16(13-20-6)19-10-7-8-15(9-11-19)17(3,4)5/h14-16,18H,7-13H2,1-6H3. The van der Waals surface area contributed by atoms with Gasteiger partial charge in [0.2, 0.25) is 0 Å². The Bertz CT molecular complexity index is 260. The molecule has 0 aliphatic carbocycles. The Morgan fingerprint density at radius 2 is 1.90 bits per heavy atom. The summed E-state index contributed by atoms with van der Waals surface area (Å²) in [6.45, 7) is 15.9. The van der Waals surface area contributed by atoms with E-state index in [0.717, 1.165) is 19.1 Å². The van der Waals surface area contributed by atoms with Crippen LogP contribution in [0.3, 0.4) is 0 Å². The highest BCUT2D eigenvalue weighted by Crippen LogP contribution is 2.34. The van der Waals surface area contributed by atoms with E-state index in [-0.39, 0.29) is 0 Å². The highest BCUT2D eigenvalue weighted by atomic mass is 16.5. The minimum absolute atomic E-state index is 0.447. The second-order valence-corrected chi connectivity index (χ2v) is 7.70. The summed E-state index contributed by atoms with van der Waals surface area (Å²) in [6.07, 6.45) is 4.02. The zero-order valence-corrected chi connectivity index (χ0v) is 14.5. The lowest BCUT2D eigenvalue weighted by atomic mass is 9.77. The summed E-state index contributed by atoms with van der Waals surface area (Å²) >= 11 is 0. The Balaban J connectivity index is 2.54. The van der Waals surface area contributed by atoms with Crippen LogP contribution >= 0.6 is 0 Å². The van der Waals surface area contributed by atoms with Crippen molar-refractivity contribution in [1.29, 1.82) is 0 Å². The normalized spacial score (nSPS) is 23.9. The Hall–Kier alpha value is -0.120. The average Bonchev–Trinajstić information content (AvgIpc) is 2.59. The molecule has 3 nitrogen and oxygen atoms in total. The quantitative estimate of drug-likeness (QED) is 0.811. The van der Waals surface area contributed by atoms with E-state index in [9.17, 15) is 0 Å². The number of hydrogen-bond acceptors (Lipinski definition) is 3. The van der Waals surface area contributed by atoms with E-state index in [2.05, 4.69) is 44.8 Å². The van der Waals surface area contributed by atoms with Crippen LogP contribution in [0.1, 0.15) is 53.9 Å². The van der Waals surface area contributed by atoms with E-state index >= 15 is 0 Å². The number of rotatable bonds is 6. The van der Waals surface area contributed by atoms with Gasteiger partial charge < -0.3 is 10.1 Å². The van der Waals surface area contributed by atoms with E-state index in [1.807, 2.05) is 7.11 Å². The van der Waals surface area contributed by atoms with Gasteiger partial charge in [0.15, 0.2) is 0 Å². The van der Waals surface area contributed by atoms with Gasteiger partial charge in [-0.15, -0.1) is 0 Å². The number of ether oxygens (including phenoxy) is 1. The minimum atomic E-state index is 0.447. The molecule has 1 fully saturated rings. The largest absolute Gasteiger partial charge is 0.383 e. The van der Waals surface area contributed by atoms with Crippen LogP contribution in [-0.2, 0) is 4.74 Å². The Labute approximate surface area is 126 Å². The van der Waals surface area contributed by atoms with Gasteiger partial charge >= 0.3 is 0 Å². The minimum Gasteiger partial charge on any atom is -0.383 e. The predicted molar refractivity (Wildman–Crippen MR) is 87.2 cm³/mol. The lowest BCUT2D eigenvalue weighted by molar-refractivity contribution is 0.0876. The molecule has 2 unspecified atom stereocenters. The summed E-state index contributed by atoms with van der Waals surface area (Å²) in [4.78, 5) is 2.64. The highest BCUT2D eigenvalue weighted by Gasteiger charge is 2.29. The first-order valence-electron chi connectivity index (χ1n) is 8.31. The summed E-state index contributed by atoms with van der Waals surface area (Å²) in [7, 11) is 1.82. The van der Waals surface area contributed by atoms with Crippen LogP contribution in [0.2, 0.25) is 0 Å². The predicted octanol–water partition coefficient (Wildman–Crippen LogP) is 3.15. The van der Waals surface area contributed by atoms with Crippen LogP contribution in [0.4, 0.5) is 0 Å². The second-order valence-electron chi connectivity index (χ2n) is 7.70. The van der Waals surface area contributed by atoms with Crippen molar-refractivity contribution in [2.24, 2.45) is 11.3 Å². The van der Waals surface area contributed by atoms with Gasteiger partial charge in [-0.05, 0) is 43.7 Å². The number of nitrogens with one attached hydrogen (secondary N) is 1. The molecule has 1 aliphatic heterocycles. The molecule has 20 heavy (non-hydrogen) atoms. The van der Waals surface area contributed by atoms with E-state index < -0.39 is 0 Å². The number of nitrogens with zero attached hydrogens (tertiary/aromatic N) is 1. The van der Waals surface area contributed by atoms with Crippen LogP contribution < -0.4 is 5.32 Å². The Morgan fingerprint density at radius 1 is 1.20 bits per heavy atom. The first-order chi connectivity index (χ1) is 9.34. The molecule has 1 saturated heterocycles. The summed E-state index contributed by atoms with van der Waals surface area (Å²) in [5.74, 6) is 0.855. The van der Waals surface area contributed by atoms with Crippen LogP contribution in [-0.4, -0.2) is 50.3 Å². The molecular formula is C17H36N2O. The Kier molecular flexibility index (Phi) is 7.49. The zero-order chi connectivity index (χ0) is 15.2. The molecule has 0 saturated carbocycles. The first-order valence-corrected chi connectivity index (χ1v) is 8.31. The molecule has 0 aromatic heterocycles.